The summed E-state index contributed by atoms with van der Waals surface area (Å²) in [5, 5.41) is 3.34. The van der Waals surface area contributed by atoms with Gasteiger partial charge in [0.05, 0.1) is 0 Å². The highest BCUT2D eigenvalue weighted by molar-refractivity contribution is 5.25. The summed E-state index contributed by atoms with van der Waals surface area (Å²) in [6, 6.07) is 5.70. The van der Waals surface area contributed by atoms with Crippen LogP contribution in [0.5, 0.6) is 0 Å². The molecule has 1 atom stereocenters. The zero-order valence-corrected chi connectivity index (χ0v) is 10.7. The molecule has 0 saturated carbocycles. The zero-order chi connectivity index (χ0) is 12.3. The van der Waals surface area contributed by atoms with E-state index in [0.717, 1.165) is 30.6 Å². The second-order valence-corrected chi connectivity index (χ2v) is 5.23. The first kappa shape index (κ1) is 12.5. The first-order valence-corrected chi connectivity index (χ1v) is 6.28. The van der Waals surface area contributed by atoms with Crippen LogP contribution in [0.2, 0.25) is 0 Å². The van der Waals surface area contributed by atoms with E-state index in [-0.39, 0.29) is 5.82 Å². The Labute approximate surface area is 103 Å². The maximum absolute atomic E-state index is 13.8. The average molecular weight is 236 g/mol. The topological polar surface area (TPSA) is 15.3 Å². The summed E-state index contributed by atoms with van der Waals surface area (Å²) in [6.45, 7) is 2.84. The van der Waals surface area contributed by atoms with Crippen LogP contribution in [0.4, 0.5) is 4.39 Å². The van der Waals surface area contributed by atoms with E-state index in [4.69, 9.17) is 0 Å². The van der Waals surface area contributed by atoms with Gasteiger partial charge in [0.25, 0.3) is 0 Å². The summed E-state index contributed by atoms with van der Waals surface area (Å²) in [5.41, 5.74) is 1.90. The number of rotatable bonds is 4. The second kappa shape index (κ2) is 5.61. The molecule has 1 saturated heterocycles. The lowest BCUT2D eigenvalue weighted by Crippen LogP contribution is -2.13. The minimum Gasteiger partial charge on any atom is -0.316 e. The molecule has 2 nitrogen and oxygen atoms in total. The molecule has 0 radical (unpaired) electrons. The average Bonchev–Trinajstić information content (AvgIpc) is 2.74. The van der Waals surface area contributed by atoms with Crippen LogP contribution in [0.1, 0.15) is 17.5 Å². The second-order valence-electron chi connectivity index (χ2n) is 5.23. The van der Waals surface area contributed by atoms with Gasteiger partial charge in [-0.1, -0.05) is 12.1 Å². The Morgan fingerprint density at radius 1 is 1.41 bits per heavy atom. The molecule has 94 valence electrons. The molecule has 0 aromatic heterocycles. The zero-order valence-electron chi connectivity index (χ0n) is 10.7. The van der Waals surface area contributed by atoms with E-state index in [1.807, 2.05) is 25.1 Å². The van der Waals surface area contributed by atoms with Gasteiger partial charge >= 0.3 is 0 Å². The first-order chi connectivity index (χ1) is 8.15. The number of nitrogens with one attached hydrogen (secondary N) is 1. The molecule has 0 spiro atoms. The maximum atomic E-state index is 13.8. The van der Waals surface area contributed by atoms with Crippen molar-refractivity contribution in [1.82, 2.24) is 10.2 Å². The Bertz CT molecular complexity index is 370. The molecular weight excluding hydrogens is 215 g/mol. The summed E-state index contributed by atoms with van der Waals surface area (Å²) < 4.78 is 13.8. The fourth-order valence-electron chi connectivity index (χ4n) is 2.41. The van der Waals surface area contributed by atoms with Crippen molar-refractivity contribution in [2.24, 2.45) is 5.92 Å². The highest BCUT2D eigenvalue weighted by Crippen LogP contribution is 2.18. The number of hydrogen-bond donors (Lipinski definition) is 1. The number of nitrogens with zero attached hydrogens (tertiary/aromatic N) is 1. The lowest BCUT2D eigenvalue weighted by Gasteiger charge is -2.13. The maximum Gasteiger partial charge on any atom is 0.127 e. The summed E-state index contributed by atoms with van der Waals surface area (Å²) in [7, 11) is 3.91. The molecule has 0 amide bonds. The summed E-state index contributed by atoms with van der Waals surface area (Å²) in [5.74, 6) is 0.608. The standard InChI is InChI=1S/C14H21FN2/c1-17(2)10-13-4-3-11(8-14(13)15)7-12-5-6-16-9-12/h3-4,8,12,16H,5-7,9-10H2,1-2H3. The van der Waals surface area contributed by atoms with Crippen LogP contribution in [-0.2, 0) is 13.0 Å². The van der Waals surface area contributed by atoms with Crippen molar-refractivity contribution < 1.29 is 4.39 Å². The predicted octanol–water partition coefficient (Wildman–Crippen LogP) is 2.04. The van der Waals surface area contributed by atoms with Crippen molar-refractivity contribution >= 4 is 0 Å². The van der Waals surface area contributed by atoms with Gasteiger partial charge in [0, 0.05) is 12.1 Å². The number of hydrogen-bond acceptors (Lipinski definition) is 2. The lowest BCUT2D eigenvalue weighted by atomic mass is 9.97. The Morgan fingerprint density at radius 2 is 2.24 bits per heavy atom. The molecular formula is C14H21FN2. The smallest absolute Gasteiger partial charge is 0.127 e. The van der Waals surface area contributed by atoms with Gasteiger partial charge in [0.15, 0.2) is 0 Å². The first-order valence-electron chi connectivity index (χ1n) is 6.28. The van der Waals surface area contributed by atoms with Gasteiger partial charge in [-0.15, -0.1) is 0 Å². The monoisotopic (exact) mass is 236 g/mol. The molecule has 1 aliphatic rings. The third kappa shape index (κ3) is 3.51. The van der Waals surface area contributed by atoms with Crippen LogP contribution >= 0.6 is 0 Å². The molecule has 0 bridgehead atoms. The van der Waals surface area contributed by atoms with E-state index < -0.39 is 0 Å². The van der Waals surface area contributed by atoms with Crippen molar-refractivity contribution in [2.75, 3.05) is 27.2 Å². The van der Waals surface area contributed by atoms with Crippen molar-refractivity contribution in [2.45, 2.75) is 19.4 Å². The largest absolute Gasteiger partial charge is 0.316 e. The summed E-state index contributed by atoms with van der Waals surface area (Å²) in [6.07, 6.45) is 2.20. The van der Waals surface area contributed by atoms with Gasteiger partial charge in [-0.2, -0.15) is 0 Å². The molecule has 1 fully saturated rings. The number of halogens is 1. The normalized spacial score (nSPS) is 20.1. The SMILES string of the molecule is CN(C)Cc1ccc(CC2CCNC2)cc1F. The molecule has 1 heterocycles. The van der Waals surface area contributed by atoms with E-state index in [9.17, 15) is 4.39 Å². The highest BCUT2D eigenvalue weighted by Gasteiger charge is 2.15. The summed E-state index contributed by atoms with van der Waals surface area (Å²) >= 11 is 0. The van der Waals surface area contributed by atoms with Crippen molar-refractivity contribution in [3.05, 3.63) is 35.1 Å². The third-order valence-electron chi connectivity index (χ3n) is 3.29. The van der Waals surface area contributed by atoms with Gasteiger partial charge in [0.2, 0.25) is 0 Å². The Kier molecular flexibility index (Phi) is 4.13. The molecule has 2 rings (SSSR count). The molecule has 1 N–H and O–H groups in total. The van der Waals surface area contributed by atoms with Gasteiger partial charge < -0.3 is 10.2 Å². The number of benzene rings is 1. The minimum atomic E-state index is -0.0674. The Morgan fingerprint density at radius 3 is 2.82 bits per heavy atom. The molecule has 1 aromatic rings. The molecule has 0 aliphatic carbocycles. The fraction of sp³-hybridized carbons (Fsp3) is 0.571. The van der Waals surface area contributed by atoms with E-state index in [1.54, 1.807) is 6.07 Å². The predicted molar refractivity (Wildman–Crippen MR) is 68.5 cm³/mol. The van der Waals surface area contributed by atoms with Crippen LogP contribution in [0.3, 0.4) is 0 Å². The quantitative estimate of drug-likeness (QED) is 0.860. The van der Waals surface area contributed by atoms with Gasteiger partial charge in [-0.25, -0.2) is 4.39 Å². The van der Waals surface area contributed by atoms with Crippen LogP contribution in [0.25, 0.3) is 0 Å². The summed E-state index contributed by atoms with van der Waals surface area (Å²) in [4.78, 5) is 1.99. The van der Waals surface area contributed by atoms with Crippen LogP contribution in [0, 0.1) is 11.7 Å². The van der Waals surface area contributed by atoms with Crippen molar-refractivity contribution in [3.8, 4) is 0 Å². The van der Waals surface area contributed by atoms with Gasteiger partial charge in [-0.05, 0) is 57.6 Å². The van der Waals surface area contributed by atoms with E-state index in [2.05, 4.69) is 11.4 Å². The van der Waals surface area contributed by atoms with Crippen LogP contribution in [0.15, 0.2) is 18.2 Å². The molecule has 1 aliphatic heterocycles. The van der Waals surface area contributed by atoms with Crippen molar-refractivity contribution in [3.63, 3.8) is 0 Å². The third-order valence-corrected chi connectivity index (χ3v) is 3.29. The van der Waals surface area contributed by atoms with Crippen LogP contribution in [-0.4, -0.2) is 32.1 Å². The molecule has 1 unspecified atom stereocenters. The Hall–Kier alpha value is -0.930. The highest BCUT2D eigenvalue weighted by atomic mass is 19.1. The van der Waals surface area contributed by atoms with Crippen molar-refractivity contribution in [1.29, 1.82) is 0 Å². The fourth-order valence-corrected chi connectivity index (χ4v) is 2.41. The molecule has 1 aromatic carbocycles. The van der Waals surface area contributed by atoms with Gasteiger partial charge in [0.1, 0.15) is 5.82 Å². The van der Waals surface area contributed by atoms with Gasteiger partial charge in [-0.3, -0.25) is 0 Å². The molecule has 17 heavy (non-hydrogen) atoms. The Balaban J connectivity index is 2.02. The lowest BCUT2D eigenvalue weighted by molar-refractivity contribution is 0.392. The van der Waals surface area contributed by atoms with E-state index >= 15 is 0 Å². The van der Waals surface area contributed by atoms with E-state index in [0.29, 0.717) is 12.5 Å². The van der Waals surface area contributed by atoms with Crippen LogP contribution < -0.4 is 5.32 Å². The minimum absolute atomic E-state index is 0.0674. The van der Waals surface area contributed by atoms with E-state index in [1.165, 1.54) is 6.42 Å². The molecule has 3 heteroatoms.